The van der Waals surface area contributed by atoms with E-state index in [1.54, 1.807) is 4.90 Å². The van der Waals surface area contributed by atoms with Gasteiger partial charge in [0.1, 0.15) is 18.6 Å². The molecule has 7 heteroatoms. The van der Waals surface area contributed by atoms with Crippen LogP contribution in [0.25, 0.3) is 0 Å². The summed E-state index contributed by atoms with van der Waals surface area (Å²) in [6.45, 7) is 5.90. The summed E-state index contributed by atoms with van der Waals surface area (Å²) in [6, 6.07) is 13.8. The molecule has 7 nitrogen and oxygen atoms in total. The van der Waals surface area contributed by atoms with Crippen LogP contribution in [0.3, 0.4) is 0 Å². The second-order valence-electron chi connectivity index (χ2n) is 8.48. The zero-order valence-electron chi connectivity index (χ0n) is 17.9. The lowest BCUT2D eigenvalue weighted by atomic mass is 10.0. The van der Waals surface area contributed by atoms with E-state index in [-0.39, 0.29) is 18.2 Å². The zero-order valence-corrected chi connectivity index (χ0v) is 17.9. The second kappa shape index (κ2) is 9.18. The van der Waals surface area contributed by atoms with Gasteiger partial charge < -0.3 is 15.2 Å². The number of amides is 2. The normalized spacial score (nSPS) is 21.3. The molecule has 1 saturated heterocycles. The van der Waals surface area contributed by atoms with Crippen molar-refractivity contribution in [3.05, 3.63) is 64.7 Å². The van der Waals surface area contributed by atoms with Crippen molar-refractivity contribution in [3.63, 3.8) is 0 Å². The van der Waals surface area contributed by atoms with Gasteiger partial charge in [0, 0.05) is 36.7 Å². The highest BCUT2D eigenvalue weighted by Gasteiger charge is 2.40. The number of aliphatic hydroxyl groups is 1. The van der Waals surface area contributed by atoms with Gasteiger partial charge in [-0.2, -0.15) is 0 Å². The van der Waals surface area contributed by atoms with E-state index < -0.39 is 12.3 Å². The Kier molecular flexibility index (Phi) is 6.36. The summed E-state index contributed by atoms with van der Waals surface area (Å²) in [5, 5.41) is 16.6. The van der Waals surface area contributed by atoms with Gasteiger partial charge in [-0.05, 0) is 23.6 Å². The van der Waals surface area contributed by atoms with Crippen molar-refractivity contribution in [1.29, 1.82) is 0 Å². The van der Waals surface area contributed by atoms with E-state index in [9.17, 15) is 14.7 Å². The lowest BCUT2D eigenvalue weighted by molar-refractivity contribution is -0.141. The molecule has 4 rings (SSSR count). The number of piperidine rings is 1. The Morgan fingerprint density at radius 2 is 1.90 bits per heavy atom. The molecule has 2 aromatic rings. The van der Waals surface area contributed by atoms with Gasteiger partial charge in [-0.1, -0.05) is 50.2 Å². The number of fused-ring (bicyclic) bond motifs is 1. The lowest BCUT2D eigenvalue weighted by Crippen LogP contribution is -2.51. The Bertz CT molecular complexity index is 958. The number of aliphatic hydroxyl groups excluding tert-OH is 1. The van der Waals surface area contributed by atoms with Crippen LogP contribution in [0.15, 0.2) is 42.5 Å². The monoisotopic (exact) mass is 423 g/mol. The van der Waals surface area contributed by atoms with E-state index in [1.807, 2.05) is 18.2 Å². The third-order valence-corrected chi connectivity index (χ3v) is 5.84. The maximum Gasteiger partial charge on any atom is 0.244 e. The van der Waals surface area contributed by atoms with Gasteiger partial charge in [0.25, 0.3) is 0 Å². The lowest BCUT2D eigenvalue weighted by Gasteiger charge is -2.31. The molecular formula is C24H29N3O4. The molecule has 2 atom stereocenters. The summed E-state index contributed by atoms with van der Waals surface area (Å²) in [4.78, 5) is 25.5. The number of nitrogens with zero attached hydrogens (tertiary/aromatic N) is 1. The predicted molar refractivity (Wildman–Crippen MR) is 116 cm³/mol. The summed E-state index contributed by atoms with van der Waals surface area (Å²) < 4.78 is 6.09. The molecule has 0 aromatic heterocycles. The average molecular weight is 424 g/mol. The van der Waals surface area contributed by atoms with Crippen LogP contribution in [0.2, 0.25) is 0 Å². The Morgan fingerprint density at radius 1 is 1.16 bits per heavy atom. The molecule has 2 unspecified atom stereocenters. The molecule has 2 aliphatic rings. The predicted octanol–water partition coefficient (Wildman–Crippen LogP) is 2.38. The van der Waals surface area contributed by atoms with Crippen molar-refractivity contribution in [1.82, 2.24) is 15.5 Å². The van der Waals surface area contributed by atoms with Gasteiger partial charge in [-0.25, -0.2) is 0 Å². The number of hydrogen-bond acceptors (Lipinski definition) is 6. The Morgan fingerprint density at radius 3 is 2.61 bits per heavy atom. The number of ether oxygens (including phenoxy) is 1. The quantitative estimate of drug-likeness (QED) is 0.593. The van der Waals surface area contributed by atoms with Gasteiger partial charge in [-0.15, -0.1) is 0 Å². The summed E-state index contributed by atoms with van der Waals surface area (Å²) >= 11 is 0. The number of rotatable bonds is 7. The maximum atomic E-state index is 12.3. The fourth-order valence-corrected chi connectivity index (χ4v) is 4.09. The molecule has 0 bridgehead atoms. The third-order valence-electron chi connectivity index (χ3n) is 5.84. The Labute approximate surface area is 182 Å². The fourth-order valence-electron chi connectivity index (χ4n) is 4.09. The third kappa shape index (κ3) is 4.79. The molecule has 2 heterocycles. The van der Waals surface area contributed by atoms with E-state index in [0.717, 1.165) is 23.2 Å². The van der Waals surface area contributed by atoms with E-state index in [4.69, 9.17) is 4.74 Å². The minimum Gasteiger partial charge on any atom is -0.489 e. The average Bonchev–Trinajstić information content (AvgIpc) is 3.08. The van der Waals surface area contributed by atoms with Crippen molar-refractivity contribution < 1.29 is 19.4 Å². The van der Waals surface area contributed by atoms with Gasteiger partial charge >= 0.3 is 0 Å². The van der Waals surface area contributed by atoms with Gasteiger partial charge in [0.05, 0.1) is 6.04 Å². The van der Waals surface area contributed by atoms with Crippen LogP contribution in [-0.4, -0.2) is 33.9 Å². The van der Waals surface area contributed by atoms with Gasteiger partial charge in [0.2, 0.25) is 11.8 Å². The summed E-state index contributed by atoms with van der Waals surface area (Å²) in [5.74, 6) is 0.0944. The van der Waals surface area contributed by atoms with Crippen LogP contribution < -0.4 is 15.4 Å². The van der Waals surface area contributed by atoms with Crippen molar-refractivity contribution >= 4 is 11.8 Å². The molecular weight excluding hydrogens is 394 g/mol. The molecule has 0 radical (unpaired) electrons. The molecule has 0 aliphatic carbocycles. The molecule has 2 aliphatic heterocycles. The van der Waals surface area contributed by atoms with Crippen LogP contribution in [0.5, 0.6) is 5.75 Å². The summed E-state index contributed by atoms with van der Waals surface area (Å²) in [6.07, 6.45) is -0.207. The molecule has 31 heavy (non-hydrogen) atoms. The van der Waals surface area contributed by atoms with Gasteiger partial charge in [0.15, 0.2) is 0 Å². The van der Waals surface area contributed by atoms with E-state index >= 15 is 0 Å². The number of imide groups is 1. The number of carbonyl (C=O) groups excluding carboxylic acids is 2. The first-order valence-electron chi connectivity index (χ1n) is 10.8. The van der Waals surface area contributed by atoms with Crippen molar-refractivity contribution in [2.24, 2.45) is 0 Å². The molecule has 164 valence electrons. The minimum absolute atomic E-state index is 0.262. The Balaban J connectivity index is 1.42. The molecule has 0 saturated carbocycles. The number of benzene rings is 2. The molecule has 0 spiro atoms. The highest BCUT2D eigenvalue weighted by molar-refractivity contribution is 6.00. The van der Waals surface area contributed by atoms with Crippen LogP contribution in [0.1, 0.15) is 55.2 Å². The van der Waals surface area contributed by atoms with Crippen molar-refractivity contribution in [3.8, 4) is 5.75 Å². The topological polar surface area (TPSA) is 90.9 Å². The van der Waals surface area contributed by atoms with E-state index in [1.165, 1.54) is 5.56 Å². The highest BCUT2D eigenvalue weighted by atomic mass is 16.5. The fraction of sp³-hybridized carbons (Fsp3) is 0.417. The largest absolute Gasteiger partial charge is 0.489 e. The molecule has 3 N–H and O–H groups in total. The number of carbonyl (C=O) groups is 2. The van der Waals surface area contributed by atoms with Crippen LogP contribution in [0, 0.1) is 0 Å². The van der Waals surface area contributed by atoms with Crippen molar-refractivity contribution in [2.45, 2.75) is 64.7 Å². The first-order chi connectivity index (χ1) is 14.9. The summed E-state index contributed by atoms with van der Waals surface area (Å²) in [7, 11) is 0. The van der Waals surface area contributed by atoms with Crippen LogP contribution in [0.4, 0.5) is 0 Å². The first kappa shape index (κ1) is 21.5. The standard InChI is InChI=1S/C24H29N3O4/c1-15(2)25-12-16-6-8-17(9-7-16)14-31-21-5-3-4-18-19(21)13-27(24(18)30)20-10-11-22(28)26-23(20)29/h3-9,15,20,24-25,30H,10-14H2,1-2H3,(H,26,28,29). The smallest absolute Gasteiger partial charge is 0.244 e. The highest BCUT2D eigenvalue weighted by Crippen LogP contribution is 2.39. The second-order valence-corrected chi connectivity index (χ2v) is 8.48. The number of hydrogen-bond donors (Lipinski definition) is 3. The zero-order chi connectivity index (χ0) is 22.0. The van der Waals surface area contributed by atoms with Gasteiger partial charge in [-0.3, -0.25) is 19.8 Å². The Hall–Kier alpha value is -2.74. The maximum absolute atomic E-state index is 12.3. The van der Waals surface area contributed by atoms with E-state index in [2.05, 4.69) is 48.7 Å². The number of nitrogens with one attached hydrogen (secondary N) is 2. The SMILES string of the molecule is CC(C)NCc1ccc(COc2cccc3c2CN(C2CCC(=O)NC2=O)C3O)cc1. The van der Waals surface area contributed by atoms with Crippen LogP contribution >= 0.6 is 0 Å². The molecule has 2 amide bonds. The minimum atomic E-state index is -0.893. The van der Waals surface area contributed by atoms with E-state index in [0.29, 0.717) is 31.4 Å². The van der Waals surface area contributed by atoms with Crippen molar-refractivity contribution in [2.75, 3.05) is 0 Å². The first-order valence-corrected chi connectivity index (χ1v) is 10.8. The summed E-state index contributed by atoms with van der Waals surface area (Å²) in [5.41, 5.74) is 3.92. The van der Waals surface area contributed by atoms with Crippen LogP contribution in [-0.2, 0) is 29.3 Å². The molecule has 2 aromatic carbocycles. The molecule has 1 fully saturated rings.